The number of hydrogen-bond donors (Lipinski definition) is 1. The Morgan fingerprint density at radius 3 is 2.61 bits per heavy atom. The van der Waals surface area contributed by atoms with E-state index in [4.69, 9.17) is 5.73 Å². The highest BCUT2D eigenvalue weighted by molar-refractivity contribution is 5.82. The van der Waals surface area contributed by atoms with Gasteiger partial charge in [-0.25, -0.2) is 0 Å². The zero-order valence-electron chi connectivity index (χ0n) is 12.0. The predicted octanol–water partition coefficient (Wildman–Crippen LogP) is 1.06. The van der Waals surface area contributed by atoms with Gasteiger partial charge in [0.1, 0.15) is 0 Å². The van der Waals surface area contributed by atoms with Crippen molar-refractivity contribution in [2.75, 3.05) is 26.2 Å². The number of nitrogens with zero attached hydrogens (tertiary/aromatic N) is 2. The highest BCUT2D eigenvalue weighted by Crippen LogP contribution is 2.24. The van der Waals surface area contributed by atoms with Crippen molar-refractivity contribution in [3.8, 4) is 0 Å². The third kappa shape index (κ3) is 2.86. The topological polar surface area (TPSA) is 49.6 Å². The van der Waals surface area contributed by atoms with Gasteiger partial charge >= 0.3 is 0 Å². The van der Waals surface area contributed by atoms with Crippen molar-refractivity contribution in [2.24, 2.45) is 11.1 Å². The average Bonchev–Trinajstić information content (AvgIpc) is 2.35. The van der Waals surface area contributed by atoms with Gasteiger partial charge in [0.25, 0.3) is 0 Å². The van der Waals surface area contributed by atoms with Crippen molar-refractivity contribution < 1.29 is 4.79 Å². The van der Waals surface area contributed by atoms with Gasteiger partial charge in [0.2, 0.25) is 5.91 Å². The molecule has 2 atom stereocenters. The molecule has 104 valence electrons. The zero-order valence-corrected chi connectivity index (χ0v) is 12.0. The van der Waals surface area contributed by atoms with Gasteiger partial charge in [0, 0.05) is 25.7 Å². The maximum Gasteiger partial charge on any atom is 0.240 e. The second kappa shape index (κ2) is 5.17. The summed E-state index contributed by atoms with van der Waals surface area (Å²) in [6, 6.07) is 0.191. The Balaban J connectivity index is 1.96. The van der Waals surface area contributed by atoms with Crippen molar-refractivity contribution >= 4 is 5.91 Å². The van der Waals surface area contributed by atoms with Crippen LogP contribution in [0.5, 0.6) is 0 Å². The molecule has 0 aliphatic carbocycles. The molecule has 2 rings (SSSR count). The fourth-order valence-electron chi connectivity index (χ4n) is 2.92. The lowest BCUT2D eigenvalue weighted by atomic mass is 9.86. The molecule has 0 aromatic heterocycles. The average molecular weight is 253 g/mol. The van der Waals surface area contributed by atoms with Gasteiger partial charge in [0.05, 0.1) is 6.04 Å². The van der Waals surface area contributed by atoms with Gasteiger partial charge in [-0.05, 0) is 24.8 Å². The van der Waals surface area contributed by atoms with Crippen LogP contribution in [0.15, 0.2) is 0 Å². The van der Waals surface area contributed by atoms with E-state index in [0.717, 1.165) is 19.6 Å². The molecule has 4 nitrogen and oxygen atoms in total. The van der Waals surface area contributed by atoms with Crippen LogP contribution in [0.1, 0.15) is 40.0 Å². The molecule has 4 heteroatoms. The van der Waals surface area contributed by atoms with Gasteiger partial charge in [0.15, 0.2) is 0 Å². The lowest BCUT2D eigenvalue weighted by Crippen LogP contribution is -2.60. The Hall–Kier alpha value is -0.610. The number of nitrogens with two attached hydrogens (primary N) is 1. The number of piperidine rings is 1. The van der Waals surface area contributed by atoms with Crippen LogP contribution in [0.3, 0.4) is 0 Å². The molecule has 2 saturated heterocycles. The Morgan fingerprint density at radius 1 is 1.22 bits per heavy atom. The van der Waals surface area contributed by atoms with E-state index in [1.165, 1.54) is 25.8 Å². The fourth-order valence-corrected chi connectivity index (χ4v) is 2.92. The number of amides is 1. The maximum atomic E-state index is 12.4. The molecule has 0 aromatic carbocycles. The molecule has 0 spiro atoms. The number of carbonyl (C=O) groups excluding carboxylic acids is 1. The van der Waals surface area contributed by atoms with Crippen LogP contribution in [-0.4, -0.2) is 54.0 Å². The molecule has 0 saturated carbocycles. The Morgan fingerprint density at radius 2 is 1.94 bits per heavy atom. The van der Waals surface area contributed by atoms with Gasteiger partial charge in [-0.1, -0.05) is 27.2 Å². The molecular formula is C14H27N3O. The summed E-state index contributed by atoms with van der Waals surface area (Å²) in [5, 5.41) is 0. The minimum absolute atomic E-state index is 0.132. The van der Waals surface area contributed by atoms with E-state index in [0.29, 0.717) is 6.04 Å². The van der Waals surface area contributed by atoms with Crippen molar-refractivity contribution in [3.05, 3.63) is 0 Å². The molecule has 2 aliphatic rings. The van der Waals surface area contributed by atoms with Crippen molar-refractivity contribution in [2.45, 2.75) is 52.1 Å². The molecule has 2 N–H and O–H groups in total. The van der Waals surface area contributed by atoms with Gasteiger partial charge in [-0.2, -0.15) is 0 Å². The Kier molecular flexibility index (Phi) is 3.97. The maximum absolute atomic E-state index is 12.4. The molecule has 18 heavy (non-hydrogen) atoms. The summed E-state index contributed by atoms with van der Waals surface area (Å²) in [6.07, 6.45) is 3.84. The molecule has 1 amide bonds. The van der Waals surface area contributed by atoms with Gasteiger partial charge < -0.3 is 10.6 Å². The molecule has 2 aliphatic heterocycles. The number of rotatable bonds is 1. The molecule has 2 fully saturated rings. The quantitative estimate of drug-likeness (QED) is 0.760. The fraction of sp³-hybridized carbons (Fsp3) is 0.929. The first kappa shape index (κ1) is 13.8. The normalized spacial score (nSPS) is 27.8. The van der Waals surface area contributed by atoms with E-state index in [-0.39, 0.29) is 17.4 Å². The van der Waals surface area contributed by atoms with Crippen LogP contribution >= 0.6 is 0 Å². The van der Waals surface area contributed by atoms with Crippen molar-refractivity contribution in [1.82, 2.24) is 9.80 Å². The molecule has 0 bridgehead atoms. The van der Waals surface area contributed by atoms with Crippen LogP contribution in [0.4, 0.5) is 0 Å². The number of carbonyl (C=O) groups is 1. The summed E-state index contributed by atoms with van der Waals surface area (Å²) in [4.78, 5) is 16.9. The minimum atomic E-state index is -0.382. The second-order valence-corrected chi connectivity index (χ2v) is 6.81. The summed E-state index contributed by atoms with van der Waals surface area (Å²) in [6.45, 7) is 10.1. The molecule has 0 radical (unpaired) electrons. The third-order valence-corrected chi connectivity index (χ3v) is 4.35. The highest BCUT2D eigenvalue weighted by Gasteiger charge is 2.36. The van der Waals surface area contributed by atoms with Crippen LogP contribution in [-0.2, 0) is 4.79 Å². The minimum Gasteiger partial charge on any atom is -0.338 e. The molecule has 0 aromatic rings. The summed E-state index contributed by atoms with van der Waals surface area (Å²) < 4.78 is 0. The van der Waals surface area contributed by atoms with E-state index < -0.39 is 0 Å². The van der Waals surface area contributed by atoms with Crippen LogP contribution in [0.25, 0.3) is 0 Å². The lowest BCUT2D eigenvalue weighted by molar-refractivity contribution is -0.138. The predicted molar refractivity (Wildman–Crippen MR) is 73.2 cm³/mol. The standard InChI is InChI=1S/C14H27N3O/c1-14(2,3)12(15)13(18)17-9-8-16-7-5-4-6-11(16)10-17/h11-12H,4-10,15H2,1-3H3/t11?,12-/m0/s1. The Bertz CT molecular complexity index is 311. The smallest absolute Gasteiger partial charge is 0.240 e. The van der Waals surface area contributed by atoms with Crippen molar-refractivity contribution in [3.63, 3.8) is 0 Å². The number of hydrogen-bond acceptors (Lipinski definition) is 3. The third-order valence-electron chi connectivity index (χ3n) is 4.35. The SMILES string of the molecule is CC(C)(C)[C@@H](N)C(=O)N1CCN2CCCCC2C1. The van der Waals surface area contributed by atoms with Crippen LogP contribution in [0, 0.1) is 5.41 Å². The number of fused-ring (bicyclic) bond motifs is 1. The van der Waals surface area contributed by atoms with E-state index in [9.17, 15) is 4.79 Å². The van der Waals surface area contributed by atoms with E-state index in [1.54, 1.807) is 0 Å². The van der Waals surface area contributed by atoms with Gasteiger partial charge in [-0.15, -0.1) is 0 Å². The summed E-state index contributed by atoms with van der Waals surface area (Å²) in [7, 11) is 0. The second-order valence-electron chi connectivity index (χ2n) is 6.81. The monoisotopic (exact) mass is 253 g/mol. The summed E-state index contributed by atoms with van der Waals surface area (Å²) in [5.74, 6) is 0.132. The highest BCUT2D eigenvalue weighted by atomic mass is 16.2. The van der Waals surface area contributed by atoms with Crippen molar-refractivity contribution in [1.29, 1.82) is 0 Å². The Labute approximate surface area is 110 Å². The van der Waals surface area contributed by atoms with Gasteiger partial charge in [-0.3, -0.25) is 9.69 Å². The van der Waals surface area contributed by atoms with E-state index in [1.807, 2.05) is 25.7 Å². The lowest BCUT2D eigenvalue weighted by Gasteiger charge is -2.45. The first-order valence-electron chi connectivity index (χ1n) is 7.18. The number of piperazine rings is 1. The molecule has 2 heterocycles. The molecular weight excluding hydrogens is 226 g/mol. The first-order valence-corrected chi connectivity index (χ1v) is 7.18. The summed E-state index contributed by atoms with van der Waals surface area (Å²) in [5.41, 5.74) is 5.94. The van der Waals surface area contributed by atoms with E-state index >= 15 is 0 Å². The zero-order chi connectivity index (χ0) is 13.3. The van der Waals surface area contributed by atoms with Crippen LogP contribution in [0.2, 0.25) is 0 Å². The largest absolute Gasteiger partial charge is 0.338 e. The summed E-state index contributed by atoms with van der Waals surface area (Å²) >= 11 is 0. The van der Waals surface area contributed by atoms with Crippen LogP contribution < -0.4 is 5.73 Å². The first-order chi connectivity index (χ1) is 8.39. The van der Waals surface area contributed by atoms with E-state index in [2.05, 4.69) is 4.90 Å². The molecule has 1 unspecified atom stereocenters.